The molecule has 3 heterocycles. The van der Waals surface area contributed by atoms with E-state index < -0.39 is 12.0 Å². The summed E-state index contributed by atoms with van der Waals surface area (Å²) in [6.45, 7) is 4.12. The summed E-state index contributed by atoms with van der Waals surface area (Å²) in [4.78, 5) is 36.3. The van der Waals surface area contributed by atoms with Crippen molar-refractivity contribution in [2.75, 3.05) is 16.8 Å². The standard InChI is InChI=1S/C32H30N4O5/c1-18-13-23(11-12-24(18)22-9-7-20(17-37)8-10-22)35-28(38)15-21-14-26(32(39)40)36(16-21)31-30-29(33-19(2)34-31)25-5-3-4-6-27(25)41-30/h3-13,21,26,37H,14-17H2,1-2H3,(H,35,38)(H,39,40)/t21-,26+/m1/s1. The highest BCUT2D eigenvalue weighted by Crippen LogP contribution is 2.38. The molecule has 1 saturated heterocycles. The average molecular weight is 551 g/mol. The molecule has 5 aromatic rings. The van der Waals surface area contributed by atoms with Crippen molar-refractivity contribution in [3.05, 3.63) is 83.7 Å². The number of aryl methyl sites for hydroxylation is 2. The number of hydrogen-bond acceptors (Lipinski definition) is 7. The highest BCUT2D eigenvalue weighted by molar-refractivity contribution is 6.06. The summed E-state index contributed by atoms with van der Waals surface area (Å²) < 4.78 is 6.09. The third-order valence-corrected chi connectivity index (χ3v) is 7.69. The molecule has 208 valence electrons. The first-order valence-electron chi connectivity index (χ1n) is 13.6. The van der Waals surface area contributed by atoms with E-state index >= 15 is 0 Å². The molecule has 1 aliphatic heterocycles. The van der Waals surface area contributed by atoms with Crippen LogP contribution in [0.1, 0.15) is 29.8 Å². The van der Waals surface area contributed by atoms with Gasteiger partial charge in [-0.2, -0.15) is 0 Å². The highest BCUT2D eigenvalue weighted by atomic mass is 16.4. The van der Waals surface area contributed by atoms with Crippen LogP contribution in [0.2, 0.25) is 0 Å². The van der Waals surface area contributed by atoms with Crippen molar-refractivity contribution in [3.63, 3.8) is 0 Å². The van der Waals surface area contributed by atoms with E-state index in [1.54, 1.807) is 11.8 Å². The lowest BCUT2D eigenvalue weighted by Gasteiger charge is -2.22. The van der Waals surface area contributed by atoms with E-state index in [-0.39, 0.29) is 24.9 Å². The number of carbonyl (C=O) groups excluding carboxylic acids is 1. The Morgan fingerprint density at radius 2 is 1.83 bits per heavy atom. The van der Waals surface area contributed by atoms with Crippen LogP contribution < -0.4 is 10.2 Å². The topological polar surface area (TPSA) is 129 Å². The van der Waals surface area contributed by atoms with E-state index in [4.69, 9.17) is 4.42 Å². The predicted octanol–water partition coefficient (Wildman–Crippen LogP) is 5.46. The summed E-state index contributed by atoms with van der Waals surface area (Å²) in [6, 6.07) is 20.2. The van der Waals surface area contributed by atoms with Crippen molar-refractivity contribution >= 4 is 45.5 Å². The number of carbonyl (C=O) groups is 2. The molecule has 41 heavy (non-hydrogen) atoms. The SMILES string of the molecule is Cc1nc(N2C[C@@H](CC(=O)Nc3ccc(-c4ccc(CO)cc4)c(C)c3)C[C@H]2C(=O)O)c2oc3ccccc3c2n1. The second kappa shape index (κ2) is 10.7. The lowest BCUT2D eigenvalue weighted by Crippen LogP contribution is -2.36. The Morgan fingerprint density at radius 3 is 2.56 bits per heavy atom. The zero-order valence-electron chi connectivity index (χ0n) is 22.8. The summed E-state index contributed by atoms with van der Waals surface area (Å²) in [5.41, 5.74) is 6.38. The van der Waals surface area contributed by atoms with Crippen LogP contribution in [-0.4, -0.2) is 44.6 Å². The number of aliphatic hydroxyl groups excluding tert-OH is 1. The maximum atomic E-state index is 13.1. The third kappa shape index (κ3) is 5.12. The molecule has 1 amide bonds. The largest absolute Gasteiger partial charge is 0.480 e. The first kappa shape index (κ1) is 26.5. The van der Waals surface area contributed by atoms with Gasteiger partial charge in [0.2, 0.25) is 5.91 Å². The van der Waals surface area contributed by atoms with Gasteiger partial charge in [0.05, 0.1) is 6.61 Å². The van der Waals surface area contributed by atoms with Crippen molar-refractivity contribution in [1.29, 1.82) is 0 Å². The van der Waals surface area contributed by atoms with Gasteiger partial charge < -0.3 is 24.8 Å². The van der Waals surface area contributed by atoms with Gasteiger partial charge in [-0.1, -0.05) is 42.5 Å². The second-order valence-corrected chi connectivity index (χ2v) is 10.6. The number of para-hydroxylation sites is 1. The summed E-state index contributed by atoms with van der Waals surface area (Å²) in [5.74, 6) is -0.360. The Morgan fingerprint density at radius 1 is 1.05 bits per heavy atom. The number of benzene rings is 3. The van der Waals surface area contributed by atoms with E-state index in [0.717, 1.165) is 27.6 Å². The molecule has 3 N–H and O–H groups in total. The molecular formula is C32H30N4O5. The molecule has 0 spiro atoms. The van der Waals surface area contributed by atoms with Gasteiger partial charge in [0, 0.05) is 24.0 Å². The Hall–Kier alpha value is -4.76. The van der Waals surface area contributed by atoms with Crippen LogP contribution in [0.3, 0.4) is 0 Å². The zero-order valence-corrected chi connectivity index (χ0v) is 22.8. The van der Waals surface area contributed by atoms with Gasteiger partial charge in [-0.15, -0.1) is 0 Å². The number of aromatic nitrogens is 2. The number of hydrogen-bond donors (Lipinski definition) is 3. The van der Waals surface area contributed by atoms with E-state index in [1.165, 1.54) is 0 Å². The lowest BCUT2D eigenvalue weighted by atomic mass is 9.98. The quantitative estimate of drug-likeness (QED) is 0.244. The molecule has 9 heteroatoms. The molecule has 3 aromatic carbocycles. The number of aliphatic hydroxyl groups is 1. The summed E-state index contributed by atoms with van der Waals surface area (Å²) in [6.07, 6.45) is 0.492. The Bertz CT molecular complexity index is 1780. The third-order valence-electron chi connectivity index (χ3n) is 7.69. The van der Waals surface area contributed by atoms with Gasteiger partial charge in [0.1, 0.15) is 23.0 Å². The molecule has 1 aliphatic rings. The molecule has 1 fully saturated rings. The van der Waals surface area contributed by atoms with Gasteiger partial charge in [-0.3, -0.25) is 4.79 Å². The average Bonchev–Trinajstić information content (AvgIpc) is 3.54. The van der Waals surface area contributed by atoms with Gasteiger partial charge >= 0.3 is 5.97 Å². The van der Waals surface area contributed by atoms with Gasteiger partial charge in [0.25, 0.3) is 0 Å². The smallest absolute Gasteiger partial charge is 0.326 e. The monoisotopic (exact) mass is 550 g/mol. The minimum Gasteiger partial charge on any atom is -0.480 e. The minimum atomic E-state index is -0.966. The van der Waals surface area contributed by atoms with E-state index in [1.807, 2.05) is 73.7 Å². The maximum Gasteiger partial charge on any atom is 0.326 e. The number of furan rings is 1. The van der Waals surface area contributed by atoms with Gasteiger partial charge in [-0.25, -0.2) is 14.8 Å². The predicted molar refractivity (Wildman–Crippen MR) is 157 cm³/mol. The molecule has 6 rings (SSSR count). The van der Waals surface area contributed by atoms with Crippen LogP contribution in [-0.2, 0) is 16.2 Å². The first-order valence-corrected chi connectivity index (χ1v) is 13.6. The van der Waals surface area contributed by atoms with E-state index in [0.29, 0.717) is 47.0 Å². The number of rotatable bonds is 7. The van der Waals surface area contributed by atoms with Crippen LogP contribution in [0.4, 0.5) is 11.5 Å². The number of carboxylic acid groups (broad SMARTS) is 1. The zero-order chi connectivity index (χ0) is 28.7. The summed E-state index contributed by atoms with van der Waals surface area (Å²) in [7, 11) is 0. The fraction of sp³-hybridized carbons (Fsp3) is 0.250. The molecule has 0 unspecified atom stereocenters. The number of anilines is 2. The Kier molecular flexibility index (Phi) is 6.88. The van der Waals surface area contributed by atoms with Crippen LogP contribution >= 0.6 is 0 Å². The van der Waals surface area contributed by atoms with Crippen molar-refractivity contribution in [1.82, 2.24) is 9.97 Å². The lowest BCUT2D eigenvalue weighted by molar-refractivity contribution is -0.138. The first-order chi connectivity index (χ1) is 19.8. The second-order valence-electron chi connectivity index (χ2n) is 10.6. The molecule has 0 bridgehead atoms. The van der Waals surface area contributed by atoms with Crippen LogP contribution in [0.25, 0.3) is 33.2 Å². The normalized spacial score (nSPS) is 16.9. The molecule has 2 atom stereocenters. The van der Waals surface area contributed by atoms with Crippen LogP contribution in [0.15, 0.2) is 71.1 Å². The van der Waals surface area contributed by atoms with Crippen molar-refractivity contribution < 1.29 is 24.2 Å². The number of nitrogens with one attached hydrogen (secondary N) is 1. The van der Waals surface area contributed by atoms with Crippen molar-refractivity contribution in [3.8, 4) is 11.1 Å². The molecule has 0 radical (unpaired) electrons. The molecule has 0 aliphatic carbocycles. The van der Waals surface area contributed by atoms with Crippen LogP contribution in [0, 0.1) is 19.8 Å². The number of aliphatic carboxylic acids is 1. The molecule has 0 saturated carbocycles. The number of nitrogens with zero attached hydrogens (tertiary/aromatic N) is 3. The number of fused-ring (bicyclic) bond motifs is 3. The van der Waals surface area contributed by atoms with Crippen LogP contribution in [0.5, 0.6) is 0 Å². The summed E-state index contributed by atoms with van der Waals surface area (Å²) in [5, 5.41) is 23.2. The molecule has 2 aromatic heterocycles. The van der Waals surface area contributed by atoms with Gasteiger partial charge in [-0.05, 0) is 72.7 Å². The fourth-order valence-corrected chi connectivity index (χ4v) is 5.75. The minimum absolute atomic E-state index is 0.000846. The van der Waals surface area contributed by atoms with Gasteiger partial charge in [0.15, 0.2) is 11.4 Å². The fourth-order valence-electron chi connectivity index (χ4n) is 5.75. The van der Waals surface area contributed by atoms with Crippen molar-refractivity contribution in [2.24, 2.45) is 5.92 Å². The van der Waals surface area contributed by atoms with E-state index in [2.05, 4.69) is 15.3 Å². The Balaban J connectivity index is 1.19. The van der Waals surface area contributed by atoms with Crippen molar-refractivity contribution in [2.45, 2.75) is 39.3 Å². The highest BCUT2D eigenvalue weighted by Gasteiger charge is 2.40. The Labute approximate surface area is 236 Å². The molecular weight excluding hydrogens is 520 g/mol. The number of amides is 1. The molecule has 9 nitrogen and oxygen atoms in total. The maximum absolute atomic E-state index is 13.1. The van der Waals surface area contributed by atoms with E-state index in [9.17, 15) is 19.8 Å². The summed E-state index contributed by atoms with van der Waals surface area (Å²) >= 11 is 0. The number of carboxylic acids is 1.